The van der Waals surface area contributed by atoms with E-state index in [0.29, 0.717) is 6.04 Å². The van der Waals surface area contributed by atoms with Gasteiger partial charge in [-0.05, 0) is 38.0 Å². The number of aliphatic imine (C=N–C) groups is 1. The van der Waals surface area contributed by atoms with Crippen molar-refractivity contribution < 1.29 is 0 Å². The van der Waals surface area contributed by atoms with Crippen molar-refractivity contribution in [3.63, 3.8) is 0 Å². The molecule has 18 heavy (non-hydrogen) atoms. The lowest BCUT2D eigenvalue weighted by Crippen LogP contribution is -2.18. The zero-order chi connectivity index (χ0) is 13.1. The molecule has 1 N–H and O–H groups in total. The highest BCUT2D eigenvalue weighted by atomic mass is 32.2. The first-order chi connectivity index (χ1) is 8.56. The van der Waals surface area contributed by atoms with E-state index in [2.05, 4.69) is 61.4 Å². The van der Waals surface area contributed by atoms with Gasteiger partial charge in [-0.1, -0.05) is 17.8 Å². The summed E-state index contributed by atoms with van der Waals surface area (Å²) in [4.78, 5) is 6.77. The van der Waals surface area contributed by atoms with E-state index < -0.39 is 0 Å². The van der Waals surface area contributed by atoms with Crippen LogP contribution in [0.4, 0.5) is 11.4 Å². The summed E-state index contributed by atoms with van der Waals surface area (Å²) in [6.07, 6.45) is 1.17. The van der Waals surface area contributed by atoms with Crippen molar-refractivity contribution in [2.75, 3.05) is 30.1 Å². The van der Waals surface area contributed by atoms with Gasteiger partial charge < -0.3 is 10.2 Å². The Hall–Kier alpha value is -1.16. The molecule has 1 atom stereocenters. The molecule has 0 saturated carbocycles. The van der Waals surface area contributed by atoms with E-state index in [1.54, 1.807) is 11.8 Å². The molecule has 2 rings (SSSR count). The topological polar surface area (TPSA) is 27.6 Å². The largest absolute Gasteiger partial charge is 0.377 e. The number of nitrogens with one attached hydrogen (secondary N) is 1. The lowest BCUT2D eigenvalue weighted by Gasteiger charge is -2.20. The molecule has 1 aromatic carbocycles. The van der Waals surface area contributed by atoms with Crippen molar-refractivity contribution in [2.24, 2.45) is 4.99 Å². The molecule has 0 spiro atoms. The number of anilines is 2. The molecule has 1 aliphatic rings. The van der Waals surface area contributed by atoms with Gasteiger partial charge in [-0.2, -0.15) is 0 Å². The van der Waals surface area contributed by atoms with Gasteiger partial charge in [-0.25, -0.2) is 0 Å². The number of aryl methyl sites for hydroxylation is 1. The average Bonchev–Trinajstić information content (AvgIpc) is 2.31. The first-order valence-corrected chi connectivity index (χ1v) is 7.30. The first-order valence-electron chi connectivity index (χ1n) is 6.32. The number of nitrogens with zero attached hydrogens (tertiary/aromatic N) is 2. The summed E-state index contributed by atoms with van der Waals surface area (Å²) in [5.74, 6) is 1.15. The van der Waals surface area contributed by atoms with Gasteiger partial charge in [0.25, 0.3) is 0 Å². The summed E-state index contributed by atoms with van der Waals surface area (Å²) in [5.41, 5.74) is 3.65. The molecule has 3 nitrogen and oxygen atoms in total. The van der Waals surface area contributed by atoms with E-state index in [9.17, 15) is 0 Å². The summed E-state index contributed by atoms with van der Waals surface area (Å²) in [6, 6.07) is 6.88. The first kappa shape index (κ1) is 13.3. The average molecular weight is 263 g/mol. The second kappa shape index (κ2) is 5.65. The van der Waals surface area contributed by atoms with Gasteiger partial charge in [0.2, 0.25) is 0 Å². The fourth-order valence-electron chi connectivity index (χ4n) is 1.99. The Balaban J connectivity index is 2.17. The van der Waals surface area contributed by atoms with E-state index in [0.717, 1.165) is 16.6 Å². The third-order valence-corrected chi connectivity index (χ3v) is 3.97. The third kappa shape index (κ3) is 3.19. The maximum Gasteiger partial charge on any atom is 0.161 e. The molecule has 0 saturated heterocycles. The van der Waals surface area contributed by atoms with E-state index >= 15 is 0 Å². The Morgan fingerprint density at radius 3 is 2.83 bits per heavy atom. The van der Waals surface area contributed by atoms with Crippen molar-refractivity contribution in [2.45, 2.75) is 26.3 Å². The highest BCUT2D eigenvalue weighted by molar-refractivity contribution is 8.14. The zero-order valence-electron chi connectivity index (χ0n) is 11.5. The highest BCUT2D eigenvalue weighted by Crippen LogP contribution is 2.25. The third-order valence-electron chi connectivity index (χ3n) is 3.05. The van der Waals surface area contributed by atoms with Crippen LogP contribution in [0.3, 0.4) is 0 Å². The van der Waals surface area contributed by atoms with Crippen LogP contribution >= 0.6 is 11.8 Å². The number of thioether (sulfide) groups is 1. The Morgan fingerprint density at radius 1 is 1.39 bits per heavy atom. The van der Waals surface area contributed by atoms with Gasteiger partial charge in [0.05, 0.1) is 6.04 Å². The van der Waals surface area contributed by atoms with Gasteiger partial charge in [0, 0.05) is 31.2 Å². The molecule has 98 valence electrons. The molecule has 1 heterocycles. The standard InChI is InChI=1S/C14H21N3S/c1-10-5-6-12(9-13(10)17(3)4)16-14-15-11(2)7-8-18-14/h5-6,9,11H,7-8H2,1-4H3,(H,15,16). The SMILES string of the molecule is Cc1ccc(NC2=NC(C)CCS2)cc1N(C)C. The summed E-state index contributed by atoms with van der Waals surface area (Å²) in [5, 5.41) is 4.46. The van der Waals surface area contributed by atoms with Crippen molar-refractivity contribution in [3.8, 4) is 0 Å². The molecule has 0 radical (unpaired) electrons. The van der Waals surface area contributed by atoms with E-state index in [1.807, 2.05) is 0 Å². The number of benzene rings is 1. The molecule has 1 unspecified atom stereocenters. The van der Waals surface area contributed by atoms with Gasteiger partial charge in [-0.3, -0.25) is 4.99 Å². The van der Waals surface area contributed by atoms with Crippen molar-refractivity contribution in [1.29, 1.82) is 0 Å². The van der Waals surface area contributed by atoms with Crippen LogP contribution < -0.4 is 10.2 Å². The van der Waals surface area contributed by atoms with Crippen molar-refractivity contribution in [3.05, 3.63) is 23.8 Å². The second-order valence-corrected chi connectivity index (χ2v) is 6.02. The minimum atomic E-state index is 0.438. The van der Waals surface area contributed by atoms with Crippen LogP contribution in [0, 0.1) is 6.92 Å². The summed E-state index contributed by atoms with van der Waals surface area (Å²) in [7, 11) is 4.14. The maximum atomic E-state index is 4.63. The molecule has 0 fully saturated rings. The Kier molecular flexibility index (Phi) is 4.17. The van der Waals surface area contributed by atoms with Crippen LogP contribution in [0.5, 0.6) is 0 Å². The molecule has 0 amide bonds. The van der Waals surface area contributed by atoms with Crippen LogP contribution in [0.15, 0.2) is 23.2 Å². The molecular formula is C14H21N3S. The summed E-state index contributed by atoms with van der Waals surface area (Å²) in [6.45, 7) is 4.30. The second-order valence-electron chi connectivity index (χ2n) is 4.94. The molecule has 0 aliphatic carbocycles. The van der Waals surface area contributed by atoms with Crippen LogP contribution in [0.25, 0.3) is 0 Å². The molecule has 1 aliphatic heterocycles. The van der Waals surface area contributed by atoms with Crippen LogP contribution in [0.1, 0.15) is 18.9 Å². The predicted molar refractivity (Wildman–Crippen MR) is 83.1 cm³/mol. The predicted octanol–water partition coefficient (Wildman–Crippen LogP) is 3.35. The monoisotopic (exact) mass is 263 g/mol. The van der Waals surface area contributed by atoms with Crippen molar-refractivity contribution in [1.82, 2.24) is 0 Å². The highest BCUT2D eigenvalue weighted by Gasteiger charge is 2.12. The van der Waals surface area contributed by atoms with Crippen LogP contribution in [-0.4, -0.2) is 31.1 Å². The lowest BCUT2D eigenvalue weighted by atomic mass is 10.1. The quantitative estimate of drug-likeness (QED) is 0.886. The Labute approximate surface area is 114 Å². The summed E-state index contributed by atoms with van der Waals surface area (Å²) < 4.78 is 0. The van der Waals surface area contributed by atoms with Gasteiger partial charge >= 0.3 is 0 Å². The number of hydrogen-bond donors (Lipinski definition) is 1. The van der Waals surface area contributed by atoms with E-state index in [-0.39, 0.29) is 0 Å². The normalized spacial score (nSPS) is 19.3. The molecule has 0 aromatic heterocycles. The van der Waals surface area contributed by atoms with E-state index in [4.69, 9.17) is 0 Å². The minimum absolute atomic E-state index is 0.438. The van der Waals surface area contributed by atoms with Gasteiger partial charge in [0.1, 0.15) is 0 Å². The lowest BCUT2D eigenvalue weighted by molar-refractivity contribution is 0.720. The Bertz CT molecular complexity index is 454. The smallest absolute Gasteiger partial charge is 0.161 e. The van der Waals surface area contributed by atoms with Crippen molar-refractivity contribution >= 4 is 28.3 Å². The van der Waals surface area contributed by atoms with Gasteiger partial charge in [-0.15, -0.1) is 0 Å². The number of amidine groups is 1. The molecular weight excluding hydrogens is 242 g/mol. The van der Waals surface area contributed by atoms with Crippen LogP contribution in [-0.2, 0) is 0 Å². The number of rotatable bonds is 2. The molecule has 0 bridgehead atoms. The Morgan fingerprint density at radius 2 is 2.17 bits per heavy atom. The van der Waals surface area contributed by atoms with E-state index in [1.165, 1.54) is 17.7 Å². The maximum absolute atomic E-state index is 4.63. The van der Waals surface area contributed by atoms with Gasteiger partial charge in [0.15, 0.2) is 5.17 Å². The zero-order valence-corrected chi connectivity index (χ0v) is 12.3. The molecule has 1 aromatic rings. The fourth-order valence-corrected chi connectivity index (χ4v) is 3.09. The molecule has 4 heteroatoms. The minimum Gasteiger partial charge on any atom is -0.377 e. The fraction of sp³-hybridized carbons (Fsp3) is 0.500. The summed E-state index contributed by atoms with van der Waals surface area (Å²) >= 11 is 1.81. The van der Waals surface area contributed by atoms with Crippen LogP contribution in [0.2, 0.25) is 0 Å². The number of hydrogen-bond acceptors (Lipinski definition) is 4.